The van der Waals surface area contributed by atoms with Crippen LogP contribution in [0.1, 0.15) is 37.3 Å². The van der Waals surface area contributed by atoms with E-state index in [-0.39, 0.29) is 12.6 Å². The van der Waals surface area contributed by atoms with Crippen molar-refractivity contribution >= 4 is 34.3 Å². The van der Waals surface area contributed by atoms with Gasteiger partial charge in [-0.05, 0) is 39.0 Å². The molecule has 1 heterocycles. The Labute approximate surface area is 122 Å². The van der Waals surface area contributed by atoms with E-state index in [9.17, 15) is 9.59 Å². The highest BCUT2D eigenvalue weighted by Crippen LogP contribution is 2.29. The quantitative estimate of drug-likeness (QED) is 0.491. The number of esters is 1. The lowest BCUT2D eigenvalue weighted by Crippen LogP contribution is -2.21. The molecule has 4 nitrogen and oxygen atoms in total. The van der Waals surface area contributed by atoms with Gasteiger partial charge in [0.2, 0.25) is 0 Å². The van der Waals surface area contributed by atoms with Crippen molar-refractivity contribution in [2.75, 3.05) is 6.61 Å². The molecule has 0 atom stereocenters. The van der Waals surface area contributed by atoms with E-state index in [4.69, 9.17) is 16.3 Å². The lowest BCUT2D eigenvalue weighted by Gasteiger charge is -2.13. The van der Waals surface area contributed by atoms with Gasteiger partial charge in [-0.15, -0.1) is 0 Å². The monoisotopic (exact) mass is 293 g/mol. The molecule has 0 saturated carbocycles. The highest BCUT2D eigenvalue weighted by molar-refractivity contribution is 6.41. The van der Waals surface area contributed by atoms with E-state index in [0.29, 0.717) is 10.7 Å². The predicted molar refractivity (Wildman–Crippen MR) is 78.3 cm³/mol. The van der Waals surface area contributed by atoms with Gasteiger partial charge >= 0.3 is 5.97 Å². The van der Waals surface area contributed by atoms with Gasteiger partial charge in [0.1, 0.15) is 0 Å². The molecule has 2 aromatic rings. The molecule has 0 fully saturated rings. The van der Waals surface area contributed by atoms with Gasteiger partial charge in [-0.3, -0.25) is 4.79 Å². The smallest absolute Gasteiger partial charge is 0.381 e. The number of hydrogen-bond donors (Lipinski definition) is 0. The first-order valence-corrected chi connectivity index (χ1v) is 6.86. The zero-order valence-corrected chi connectivity index (χ0v) is 12.4. The largest absolute Gasteiger partial charge is 0.460 e. The number of aromatic nitrogens is 1. The minimum atomic E-state index is -0.840. The summed E-state index contributed by atoms with van der Waals surface area (Å²) >= 11 is 6.15. The minimum Gasteiger partial charge on any atom is -0.460 e. The molecule has 0 amide bonds. The molecule has 0 saturated heterocycles. The number of carbonyl (C=O) groups excluding carboxylic acids is 2. The average Bonchev–Trinajstić information content (AvgIpc) is 2.79. The molecule has 0 N–H and O–H groups in total. The average molecular weight is 294 g/mol. The van der Waals surface area contributed by atoms with Crippen LogP contribution in [0.5, 0.6) is 0 Å². The van der Waals surface area contributed by atoms with Crippen LogP contribution < -0.4 is 0 Å². The van der Waals surface area contributed by atoms with E-state index in [0.717, 1.165) is 10.9 Å². The summed E-state index contributed by atoms with van der Waals surface area (Å²) in [7, 11) is 0. The maximum absolute atomic E-state index is 12.2. The number of rotatable bonds is 4. The van der Waals surface area contributed by atoms with Crippen molar-refractivity contribution in [3.8, 4) is 0 Å². The Morgan fingerprint density at radius 2 is 2.05 bits per heavy atom. The first kappa shape index (κ1) is 14.6. The van der Waals surface area contributed by atoms with E-state index >= 15 is 0 Å². The summed E-state index contributed by atoms with van der Waals surface area (Å²) in [6, 6.07) is 7.13. The molecular formula is C15H16ClNO3. The highest BCUT2D eigenvalue weighted by Gasteiger charge is 2.24. The number of fused-ring (bicyclic) bond motifs is 1. The van der Waals surface area contributed by atoms with Gasteiger partial charge < -0.3 is 9.30 Å². The van der Waals surface area contributed by atoms with Crippen molar-refractivity contribution < 1.29 is 14.3 Å². The number of carbonyl (C=O) groups is 2. The molecule has 0 radical (unpaired) electrons. The molecule has 20 heavy (non-hydrogen) atoms. The number of halogens is 1. The molecule has 106 valence electrons. The molecule has 0 aliphatic heterocycles. The van der Waals surface area contributed by atoms with Crippen molar-refractivity contribution in [2.45, 2.75) is 26.8 Å². The maximum atomic E-state index is 12.2. The maximum Gasteiger partial charge on any atom is 0.381 e. The van der Waals surface area contributed by atoms with Crippen LogP contribution in [0.25, 0.3) is 10.9 Å². The SMILES string of the molecule is CCOC(=O)C(=O)c1cc2c(Cl)cccc2n1C(C)C. The second-order valence-corrected chi connectivity index (χ2v) is 5.12. The first-order valence-electron chi connectivity index (χ1n) is 6.48. The Morgan fingerprint density at radius 3 is 2.65 bits per heavy atom. The van der Waals surface area contributed by atoms with Gasteiger partial charge in [-0.1, -0.05) is 17.7 Å². The first-order chi connectivity index (χ1) is 9.47. The van der Waals surface area contributed by atoms with Gasteiger partial charge in [-0.25, -0.2) is 4.79 Å². The minimum absolute atomic E-state index is 0.0272. The molecule has 0 aliphatic rings. The van der Waals surface area contributed by atoms with Gasteiger partial charge in [0, 0.05) is 16.5 Å². The molecule has 0 bridgehead atoms. The summed E-state index contributed by atoms with van der Waals surface area (Å²) in [6.45, 7) is 5.73. The van der Waals surface area contributed by atoms with Crippen LogP contribution in [-0.2, 0) is 9.53 Å². The predicted octanol–water partition coefficient (Wildman–Crippen LogP) is 3.62. The number of hydrogen-bond acceptors (Lipinski definition) is 3. The van der Waals surface area contributed by atoms with E-state index in [1.54, 1.807) is 23.6 Å². The van der Waals surface area contributed by atoms with E-state index < -0.39 is 11.8 Å². The summed E-state index contributed by atoms with van der Waals surface area (Å²) < 4.78 is 6.59. The van der Waals surface area contributed by atoms with Crippen LogP contribution in [0.3, 0.4) is 0 Å². The fourth-order valence-corrected chi connectivity index (χ4v) is 2.47. The fourth-order valence-electron chi connectivity index (χ4n) is 2.25. The number of ether oxygens (including phenoxy) is 1. The zero-order chi connectivity index (χ0) is 14.9. The molecule has 5 heteroatoms. The van der Waals surface area contributed by atoms with Crippen molar-refractivity contribution in [3.63, 3.8) is 0 Å². The molecule has 1 aromatic carbocycles. The molecule has 0 aliphatic carbocycles. The Morgan fingerprint density at radius 1 is 1.35 bits per heavy atom. The molecule has 2 rings (SSSR count). The summed E-state index contributed by atoms with van der Waals surface area (Å²) in [5.41, 5.74) is 1.14. The van der Waals surface area contributed by atoms with E-state index in [1.165, 1.54) is 0 Å². The Balaban J connectivity index is 2.64. The number of benzene rings is 1. The second kappa shape index (κ2) is 5.67. The third kappa shape index (κ3) is 2.43. The van der Waals surface area contributed by atoms with Crippen LogP contribution in [0.15, 0.2) is 24.3 Å². The van der Waals surface area contributed by atoms with Gasteiger partial charge in [0.05, 0.1) is 17.8 Å². The van der Waals surface area contributed by atoms with Crippen LogP contribution in [0.2, 0.25) is 5.02 Å². The number of nitrogens with zero attached hydrogens (tertiary/aromatic N) is 1. The van der Waals surface area contributed by atoms with Gasteiger partial charge in [0.25, 0.3) is 5.78 Å². The summed E-state index contributed by atoms with van der Waals surface area (Å²) in [4.78, 5) is 23.9. The van der Waals surface area contributed by atoms with Crippen LogP contribution in [-0.4, -0.2) is 22.9 Å². The third-order valence-electron chi connectivity index (χ3n) is 3.04. The lowest BCUT2D eigenvalue weighted by molar-refractivity contribution is -0.137. The molecule has 0 spiro atoms. The third-order valence-corrected chi connectivity index (χ3v) is 3.37. The number of Topliss-reactive ketones (excluding diaryl/α,β-unsaturated/α-hetero) is 1. The van der Waals surface area contributed by atoms with Crippen molar-refractivity contribution in [2.24, 2.45) is 0 Å². The Kier molecular flexibility index (Phi) is 4.14. The van der Waals surface area contributed by atoms with Crippen molar-refractivity contribution in [1.82, 2.24) is 4.57 Å². The zero-order valence-electron chi connectivity index (χ0n) is 11.6. The Hall–Kier alpha value is -1.81. The lowest BCUT2D eigenvalue weighted by atomic mass is 10.2. The molecular weight excluding hydrogens is 278 g/mol. The van der Waals surface area contributed by atoms with Crippen LogP contribution in [0, 0.1) is 0 Å². The van der Waals surface area contributed by atoms with E-state index in [1.807, 2.05) is 26.0 Å². The Bertz CT molecular complexity index is 673. The highest BCUT2D eigenvalue weighted by atomic mass is 35.5. The molecule has 0 unspecified atom stereocenters. The summed E-state index contributed by atoms with van der Waals surface area (Å²) in [6.07, 6.45) is 0. The van der Waals surface area contributed by atoms with Crippen molar-refractivity contribution in [3.05, 3.63) is 35.0 Å². The summed E-state index contributed by atoms with van der Waals surface area (Å²) in [5, 5.41) is 1.32. The second-order valence-electron chi connectivity index (χ2n) is 4.72. The normalized spacial score (nSPS) is 11.1. The topological polar surface area (TPSA) is 48.3 Å². The van der Waals surface area contributed by atoms with Crippen LogP contribution >= 0.6 is 11.6 Å². The standard InChI is InChI=1S/C15H16ClNO3/c1-4-20-15(19)14(18)13-8-10-11(16)6-5-7-12(10)17(13)9(2)3/h5-9H,4H2,1-3H3. The van der Waals surface area contributed by atoms with Crippen LogP contribution in [0.4, 0.5) is 0 Å². The molecule has 1 aromatic heterocycles. The summed E-state index contributed by atoms with van der Waals surface area (Å²) in [5.74, 6) is -1.49. The fraction of sp³-hybridized carbons (Fsp3) is 0.333. The number of ketones is 1. The van der Waals surface area contributed by atoms with Crippen molar-refractivity contribution in [1.29, 1.82) is 0 Å². The van der Waals surface area contributed by atoms with E-state index in [2.05, 4.69) is 0 Å². The van der Waals surface area contributed by atoms with Gasteiger partial charge in [-0.2, -0.15) is 0 Å². The van der Waals surface area contributed by atoms with Gasteiger partial charge in [0.15, 0.2) is 0 Å².